The minimum absolute atomic E-state index is 0. The smallest absolute Gasteiger partial charge is 0.726 e. The molecule has 2 aromatic rings. The van der Waals surface area contributed by atoms with Gasteiger partial charge in [-0.25, -0.2) is 135 Å². The zero-order chi connectivity index (χ0) is 102. The molecule has 5 fully saturated rings. The summed E-state index contributed by atoms with van der Waals surface area (Å²) in [5.74, 6) is 0. The first-order chi connectivity index (χ1) is 60.3. The van der Waals surface area contributed by atoms with Crippen LogP contribution in [-0.4, -0.2) is 416 Å². The molecule has 109 heteroatoms. The van der Waals surface area contributed by atoms with Crippen LogP contribution in [0.1, 0.15) is 6.42 Å². The second-order valence-corrected chi connectivity index (χ2v) is 41.6. The molecule has 0 unspecified atom stereocenters. The monoisotopic (exact) mass is 2640 g/mol. The predicted molar refractivity (Wildman–Crippen MR) is 357 cm³/mol. The third-order valence-electron chi connectivity index (χ3n) is 15.9. The summed E-state index contributed by atoms with van der Waals surface area (Å²) >= 11 is 0. The molecule has 0 spiro atoms. The Morgan fingerprint density at radius 2 is 0.420 bits per heavy atom. The van der Waals surface area contributed by atoms with Crippen LogP contribution in [-0.2, 0) is 287 Å². The molecule has 5 aliphatic rings. The van der Waals surface area contributed by atoms with Gasteiger partial charge in [0.05, 0.1) is 45.8 Å². The number of hydrogen-bond acceptors (Lipinski definition) is 76. The summed E-state index contributed by atoms with van der Waals surface area (Å²) in [4.78, 5) is 0. The van der Waals surface area contributed by atoms with Crippen LogP contribution in [0.3, 0.4) is 0 Å². The van der Waals surface area contributed by atoms with E-state index in [1.54, 1.807) is 6.07 Å². The number of aryl methyl sites for hydroxylation is 1. The quantitative estimate of drug-likeness (QED) is 0.0257. The number of rotatable bonds is 51. The van der Waals surface area contributed by atoms with Gasteiger partial charge < -0.3 is 120 Å². The van der Waals surface area contributed by atoms with Gasteiger partial charge in [-0.1, -0.05) is 35.5 Å². The standard InChI is InChI=1S/C41H63N3O74S16.16Na/c45-119(46,47)94-10-17-22(108-124(60,61)62)27(104-39-34(116-132(84,85)86)28(23(109-125(63,64)65)18(101-39)11-95-120(48,49)50)106-41-36(118-134(90,91)92)31(114-130(78,79)80)26(112-128(72,73)74)21(103-41)14-98-123(57,58)59)33(115-131(81,82)83)38(100-17)105-29-24(110-126(66,67)68)19(12-96-121(51,52)53)102-40(35(29)117-133(87,88)89)107-32-30(113-129(75,76)77)25(111-127(69,70)71)20(13-97-122(54,55)56)99-37(32)93-8-4-7-44-9-16(42-43-44)15-5-2-1-3-6-15;;;;;;;;;;;;;;;;/h1-3,5-6,9,17-41H,4,7-8,10-14H2,(H,45,46,47)(H,48,49,50)(H,51,52,53)(H,54,55,56)(H,57,58,59)(H,60,61,62)(H,63,64,65)(H,66,67,68)(H,69,70,71)(H,72,73,74)(H,75,76,77)(H,78,79,80)(H,81,82,83)(H,84,85,86)(H,87,88,89)(H,90,91,92);;;;;;;;;;;;;;;;/q;16*+1/p-16/t17-,18-,19-,20-,21-,22-,23-,24-,25-,26-,27+,28+,29+,30+,31+,32+,33+,34+,35+,36+,37+,38-,39-,40-,41-;;;;;;;;;;;;;;;;/m1................/s1. The van der Waals surface area contributed by atoms with Gasteiger partial charge in [-0.05, 0) is 6.42 Å². The van der Waals surface area contributed by atoms with Crippen molar-refractivity contribution in [2.45, 2.75) is 166 Å². The SMILES string of the molecule is O=S(=O)([O-])OC[C@H]1O[C@H](OCCCn2cc(-c3ccccc3)nn2)[C@@H](O[C@H]2O[C@H](COS(=O)(=O)[O-])[C@@H](OS(=O)(=O)[O-])[C@H](O[C@H]3O[C@H](COS(=O)(=O)[O-])[C@@H](OS(=O)(=O)[O-])[C@H](O[C@H]4O[C@H](COS(=O)(=O)[O-])[C@@H](OS(=O)(=O)[O-])[C@H](O[C@H]5O[C@H](COS(=O)(=O)[O-])[C@@H](OS(=O)(=O)[O-])[C@H](OS(=O)(=O)[O-])[C@@H]5OS(=O)(=O)[O-])[C@@H]4OS(=O)(=O)[O-])[C@@H]3OS(=O)(=O)[O-])[C@@H]2OS(=O)(=O)[O-])[C@@H](OS(=O)(=O)[O-])[C@@H]1OS(=O)(=O)[O-].[Na+].[Na+].[Na+].[Na+].[Na+].[Na+].[Na+].[Na+].[Na+].[Na+].[Na+].[Na+].[Na+].[Na+].[Na+].[Na+]. The van der Waals surface area contributed by atoms with E-state index in [4.69, 9.17) is 47.4 Å². The summed E-state index contributed by atoms with van der Waals surface area (Å²) in [5, 5.41) is 7.67. The number of hydrogen-bond donors (Lipinski definition) is 0. The van der Waals surface area contributed by atoms with Gasteiger partial charge in [-0.15, -0.1) is 5.10 Å². The Morgan fingerprint density at radius 3 is 0.640 bits per heavy atom. The maximum absolute atomic E-state index is 13.3. The normalized spacial score (nSPS) is 27.8. The van der Waals surface area contributed by atoms with Crippen molar-refractivity contribution >= 4 is 166 Å². The van der Waals surface area contributed by atoms with Gasteiger partial charge in [0, 0.05) is 12.1 Å². The second kappa shape index (κ2) is 75.2. The van der Waals surface area contributed by atoms with Gasteiger partial charge in [0.1, 0.15) is 103 Å². The minimum atomic E-state index is -7.49. The summed E-state index contributed by atoms with van der Waals surface area (Å²) in [6, 6.07) is 7.52. The summed E-state index contributed by atoms with van der Waals surface area (Å²) in [7, 11) is -112. The zero-order valence-corrected chi connectivity index (χ0v) is 124. The van der Waals surface area contributed by atoms with Gasteiger partial charge in [0.2, 0.25) is 166 Å². The van der Waals surface area contributed by atoms with E-state index < -0.39 is 373 Å². The van der Waals surface area contributed by atoms with Gasteiger partial charge in [-0.2, -0.15) is 0 Å². The molecule has 0 amide bonds. The van der Waals surface area contributed by atoms with Crippen molar-refractivity contribution in [3.63, 3.8) is 0 Å². The molecule has 6 heterocycles. The Labute approximate surface area is 1210 Å². The second-order valence-electron chi connectivity index (χ2n) is 25.2. The summed E-state index contributed by atoms with van der Waals surface area (Å²) in [5.41, 5.74) is 0.457. The van der Waals surface area contributed by atoms with E-state index in [9.17, 15) is 208 Å². The van der Waals surface area contributed by atoms with Crippen LogP contribution in [0.15, 0.2) is 36.5 Å². The Bertz CT molecular complexity index is 6460. The van der Waals surface area contributed by atoms with Gasteiger partial charge in [0.15, 0.2) is 55.9 Å². The summed E-state index contributed by atoms with van der Waals surface area (Å²) in [6.07, 6.45) is -100. The number of benzene rings is 1. The first kappa shape index (κ1) is 182. The topological polar surface area (TPSA) is 1190 Å². The van der Waals surface area contributed by atoms with Gasteiger partial charge in [0.25, 0.3) is 0 Å². The van der Waals surface area contributed by atoms with E-state index in [2.05, 4.69) is 77.2 Å². The van der Waals surface area contributed by atoms with Crippen LogP contribution in [0.5, 0.6) is 0 Å². The first-order valence-electron chi connectivity index (χ1n) is 32.8. The third kappa shape index (κ3) is 69.6. The molecule has 77 nitrogen and oxygen atoms in total. The molecular weight excluding hydrogens is 2600 g/mol. The van der Waals surface area contributed by atoms with Crippen molar-refractivity contribution in [1.29, 1.82) is 0 Å². The van der Waals surface area contributed by atoms with Gasteiger partial charge in [-0.3, -0.25) is 71.6 Å². The number of aromatic nitrogens is 3. The molecule has 0 saturated carbocycles. The van der Waals surface area contributed by atoms with Gasteiger partial charge >= 0.3 is 473 Å². The Morgan fingerprint density at radius 1 is 0.233 bits per heavy atom. The molecular formula is C41H47N3Na16O74S16. The summed E-state index contributed by atoms with van der Waals surface area (Å²) < 4.78 is 721. The molecule has 0 N–H and O–H groups in total. The maximum Gasteiger partial charge on any atom is 1.00 e. The van der Waals surface area contributed by atoms with Crippen LogP contribution < -0.4 is 473 Å². The molecule has 0 radical (unpaired) electrons. The molecule has 0 aliphatic carbocycles. The molecule has 5 aliphatic heterocycles. The van der Waals surface area contributed by atoms with Crippen molar-refractivity contribution in [3.8, 4) is 11.3 Å². The molecule has 5 saturated heterocycles. The van der Waals surface area contributed by atoms with Crippen LogP contribution in [0, 0.1) is 0 Å². The fourth-order valence-electron chi connectivity index (χ4n) is 11.9. The number of nitrogens with zero attached hydrogens (tertiary/aromatic N) is 3. The van der Waals surface area contributed by atoms with E-state index in [1.807, 2.05) is 0 Å². The fourth-order valence-corrected chi connectivity index (χ4v) is 18.8. The van der Waals surface area contributed by atoms with Crippen molar-refractivity contribution < 1.29 is 795 Å². The molecule has 150 heavy (non-hydrogen) atoms. The van der Waals surface area contributed by atoms with Crippen molar-refractivity contribution in [3.05, 3.63) is 36.5 Å². The fraction of sp³-hybridized carbons (Fsp3) is 0.805. The Hall–Kier alpha value is 11.9. The molecule has 0 bridgehead atoms. The van der Waals surface area contributed by atoms with Crippen molar-refractivity contribution in [2.75, 3.05) is 39.6 Å². The van der Waals surface area contributed by atoms with Crippen LogP contribution in [0.4, 0.5) is 0 Å². The molecule has 1 aromatic carbocycles. The number of ether oxygens (including phenoxy) is 10. The van der Waals surface area contributed by atoms with E-state index in [0.29, 0.717) is 5.56 Å². The average Bonchev–Trinajstić information content (AvgIpc) is 0.828. The Kier molecular flexibility index (Phi) is 91.0. The molecule has 1 aromatic heterocycles. The molecule has 7 rings (SSSR count). The van der Waals surface area contributed by atoms with Crippen LogP contribution in [0.25, 0.3) is 11.3 Å². The average molecular weight is 2650 g/mol. The van der Waals surface area contributed by atoms with Crippen LogP contribution >= 0.6 is 0 Å². The zero-order valence-electron chi connectivity index (χ0n) is 78.6. The van der Waals surface area contributed by atoms with E-state index in [-0.39, 0.29) is 479 Å². The summed E-state index contributed by atoms with van der Waals surface area (Å²) in [6.45, 7) is -14.6. The third-order valence-corrected chi connectivity index (χ3v) is 23.1. The van der Waals surface area contributed by atoms with Crippen molar-refractivity contribution in [2.24, 2.45) is 0 Å². The van der Waals surface area contributed by atoms with E-state index in [1.165, 1.54) is 30.5 Å². The first-order valence-corrected chi connectivity index (χ1v) is 54.2. The Balaban J connectivity index is -0.00000153. The van der Waals surface area contributed by atoms with Crippen LogP contribution in [0.2, 0.25) is 0 Å². The minimum Gasteiger partial charge on any atom is -0.726 e. The van der Waals surface area contributed by atoms with E-state index in [0.717, 1.165) is 4.68 Å². The molecule has 25 atom stereocenters. The largest absolute Gasteiger partial charge is 1.00 e. The van der Waals surface area contributed by atoms with Crippen molar-refractivity contribution in [1.82, 2.24) is 15.0 Å². The van der Waals surface area contributed by atoms with E-state index >= 15 is 0 Å². The predicted octanol–water partition coefficient (Wildman–Crippen LogP) is -65.7. The maximum atomic E-state index is 13.3. The molecule has 782 valence electrons.